The molecule has 0 saturated heterocycles. The highest BCUT2D eigenvalue weighted by molar-refractivity contribution is 5.69. The van der Waals surface area contributed by atoms with Crippen molar-refractivity contribution < 1.29 is 14.3 Å². The lowest BCUT2D eigenvalue weighted by Gasteiger charge is -2.05. The zero-order valence-electron chi connectivity index (χ0n) is 15.5. The highest BCUT2D eigenvalue weighted by atomic mass is 16.5. The minimum Gasteiger partial charge on any atom is -0.466 e. The van der Waals surface area contributed by atoms with Crippen LogP contribution in [-0.4, -0.2) is 18.9 Å². The number of rotatable bonds is 10. The maximum Gasteiger partial charge on any atom is 0.305 e. The van der Waals surface area contributed by atoms with Gasteiger partial charge in [0.2, 0.25) is 0 Å². The fourth-order valence-electron chi connectivity index (χ4n) is 1.62. The normalized spacial score (nSPS) is 11.2. The zero-order valence-corrected chi connectivity index (χ0v) is 15.5. The standard InChI is InChI=1S/C10H18O.C9H18O2/c1-9(2)5-4-6-10(3)7-8-11;1-4-5-9(10)11-7-6-8(2)3/h5,8,10H,4,6-7H2,1-3H3;8H,4-7H2,1-3H3. The van der Waals surface area contributed by atoms with Gasteiger partial charge in [0.25, 0.3) is 0 Å². The van der Waals surface area contributed by atoms with Crippen molar-refractivity contribution in [2.45, 2.75) is 80.1 Å². The van der Waals surface area contributed by atoms with E-state index in [9.17, 15) is 9.59 Å². The van der Waals surface area contributed by atoms with Crippen molar-refractivity contribution in [2.75, 3.05) is 6.61 Å². The summed E-state index contributed by atoms with van der Waals surface area (Å²) in [6.07, 6.45) is 8.57. The molecule has 0 rings (SSSR count). The van der Waals surface area contributed by atoms with Gasteiger partial charge in [0.05, 0.1) is 6.61 Å². The van der Waals surface area contributed by atoms with E-state index >= 15 is 0 Å². The van der Waals surface area contributed by atoms with E-state index in [1.807, 2.05) is 6.92 Å². The molecule has 0 N–H and O–H groups in total. The number of ether oxygens (including phenoxy) is 1. The average Bonchev–Trinajstić information content (AvgIpc) is 2.39. The molecule has 0 aliphatic carbocycles. The first-order chi connectivity index (χ1) is 10.3. The van der Waals surface area contributed by atoms with Gasteiger partial charge in [0.15, 0.2) is 0 Å². The highest BCUT2D eigenvalue weighted by Gasteiger charge is 2.00. The molecule has 1 unspecified atom stereocenters. The summed E-state index contributed by atoms with van der Waals surface area (Å²) in [6, 6.07) is 0. The van der Waals surface area contributed by atoms with Crippen LogP contribution in [0.1, 0.15) is 80.1 Å². The second-order valence-corrected chi connectivity index (χ2v) is 6.52. The first kappa shape index (κ1) is 23.2. The molecule has 0 aliphatic heterocycles. The fraction of sp³-hybridized carbons (Fsp3) is 0.789. The van der Waals surface area contributed by atoms with E-state index in [1.54, 1.807) is 0 Å². The first-order valence-corrected chi connectivity index (χ1v) is 8.56. The topological polar surface area (TPSA) is 43.4 Å². The van der Waals surface area contributed by atoms with Crippen molar-refractivity contribution in [1.82, 2.24) is 0 Å². The Morgan fingerprint density at radius 2 is 1.77 bits per heavy atom. The highest BCUT2D eigenvalue weighted by Crippen LogP contribution is 2.09. The van der Waals surface area contributed by atoms with Crippen molar-refractivity contribution in [1.29, 1.82) is 0 Å². The Hall–Kier alpha value is -1.12. The van der Waals surface area contributed by atoms with Crippen LogP contribution in [0, 0.1) is 11.8 Å². The summed E-state index contributed by atoms with van der Waals surface area (Å²) in [7, 11) is 0. The number of esters is 1. The van der Waals surface area contributed by atoms with Crippen molar-refractivity contribution in [3.8, 4) is 0 Å². The largest absolute Gasteiger partial charge is 0.466 e. The third-order valence-corrected chi connectivity index (χ3v) is 3.12. The molecule has 22 heavy (non-hydrogen) atoms. The number of hydrogen-bond acceptors (Lipinski definition) is 3. The number of aldehydes is 1. The Bertz CT molecular complexity index is 302. The number of carbonyl (C=O) groups excluding carboxylic acids is 2. The third-order valence-electron chi connectivity index (χ3n) is 3.12. The summed E-state index contributed by atoms with van der Waals surface area (Å²) >= 11 is 0. The predicted octanol–water partition coefficient (Wildman–Crippen LogP) is 5.33. The van der Waals surface area contributed by atoms with Gasteiger partial charge >= 0.3 is 5.97 Å². The molecule has 0 aromatic carbocycles. The smallest absolute Gasteiger partial charge is 0.305 e. The number of allylic oxidation sites excluding steroid dienone is 2. The minimum atomic E-state index is -0.0619. The molecule has 0 aliphatic rings. The third kappa shape index (κ3) is 21.2. The molecule has 0 aromatic rings. The van der Waals surface area contributed by atoms with Crippen LogP contribution in [0.4, 0.5) is 0 Å². The van der Waals surface area contributed by atoms with Crippen molar-refractivity contribution in [3.63, 3.8) is 0 Å². The molecule has 0 saturated carbocycles. The quantitative estimate of drug-likeness (QED) is 0.311. The van der Waals surface area contributed by atoms with Gasteiger partial charge in [-0.05, 0) is 51.4 Å². The summed E-state index contributed by atoms with van der Waals surface area (Å²) in [5.74, 6) is 1.10. The molecule has 1 atom stereocenters. The lowest BCUT2D eigenvalue weighted by molar-refractivity contribution is -0.144. The van der Waals surface area contributed by atoms with Crippen molar-refractivity contribution in [3.05, 3.63) is 11.6 Å². The van der Waals surface area contributed by atoms with E-state index in [1.165, 1.54) is 5.57 Å². The Balaban J connectivity index is 0. The van der Waals surface area contributed by atoms with Crippen LogP contribution in [0.5, 0.6) is 0 Å². The SMILES string of the molecule is CC(C)=CCCC(C)CC=O.CCCC(=O)OCCC(C)C. The van der Waals surface area contributed by atoms with E-state index < -0.39 is 0 Å². The Labute approximate surface area is 137 Å². The minimum absolute atomic E-state index is 0.0619. The van der Waals surface area contributed by atoms with E-state index in [2.05, 4.69) is 40.7 Å². The van der Waals surface area contributed by atoms with Crippen LogP contribution in [0.2, 0.25) is 0 Å². The van der Waals surface area contributed by atoms with E-state index in [4.69, 9.17) is 4.74 Å². The Kier molecular flexibility index (Phi) is 17.1. The second-order valence-electron chi connectivity index (χ2n) is 6.52. The average molecular weight is 312 g/mol. The Morgan fingerprint density at radius 3 is 2.23 bits per heavy atom. The molecule has 0 amide bonds. The van der Waals surface area contributed by atoms with Crippen LogP contribution in [0.25, 0.3) is 0 Å². The first-order valence-electron chi connectivity index (χ1n) is 8.56. The molecular weight excluding hydrogens is 276 g/mol. The van der Waals surface area contributed by atoms with Crippen LogP contribution in [-0.2, 0) is 14.3 Å². The van der Waals surface area contributed by atoms with E-state index in [0.717, 1.165) is 32.0 Å². The van der Waals surface area contributed by atoms with Crippen LogP contribution >= 0.6 is 0 Å². The predicted molar refractivity (Wildman–Crippen MR) is 93.8 cm³/mol. The molecular formula is C19H36O3. The van der Waals surface area contributed by atoms with Gasteiger partial charge in [-0.2, -0.15) is 0 Å². The zero-order chi connectivity index (χ0) is 17.4. The van der Waals surface area contributed by atoms with Gasteiger partial charge in [0, 0.05) is 12.8 Å². The second kappa shape index (κ2) is 16.3. The molecule has 3 heteroatoms. The molecule has 0 heterocycles. The lowest BCUT2D eigenvalue weighted by atomic mass is 10.0. The maximum absolute atomic E-state index is 10.8. The van der Waals surface area contributed by atoms with E-state index in [-0.39, 0.29) is 5.97 Å². The van der Waals surface area contributed by atoms with Gasteiger partial charge < -0.3 is 9.53 Å². The molecule has 0 fully saturated rings. The summed E-state index contributed by atoms with van der Waals surface area (Å²) < 4.78 is 4.95. The van der Waals surface area contributed by atoms with Gasteiger partial charge in [-0.3, -0.25) is 4.79 Å². The van der Waals surface area contributed by atoms with Crippen LogP contribution in [0.3, 0.4) is 0 Å². The van der Waals surface area contributed by atoms with Gasteiger partial charge in [-0.15, -0.1) is 0 Å². The maximum atomic E-state index is 10.8. The molecule has 0 aromatic heterocycles. The number of hydrogen-bond donors (Lipinski definition) is 0. The fourth-order valence-corrected chi connectivity index (χ4v) is 1.62. The van der Waals surface area contributed by atoms with Crippen molar-refractivity contribution >= 4 is 12.3 Å². The summed E-state index contributed by atoms with van der Waals surface area (Å²) in [6.45, 7) is 13.1. The van der Waals surface area contributed by atoms with Crippen molar-refractivity contribution in [2.24, 2.45) is 11.8 Å². The summed E-state index contributed by atoms with van der Waals surface area (Å²) in [5, 5.41) is 0. The summed E-state index contributed by atoms with van der Waals surface area (Å²) in [5.41, 5.74) is 1.36. The van der Waals surface area contributed by atoms with Crippen LogP contribution < -0.4 is 0 Å². The Morgan fingerprint density at radius 1 is 1.14 bits per heavy atom. The van der Waals surface area contributed by atoms with Gasteiger partial charge in [-0.25, -0.2) is 0 Å². The van der Waals surface area contributed by atoms with Gasteiger partial charge in [-0.1, -0.05) is 39.3 Å². The molecule has 0 radical (unpaired) electrons. The molecule has 0 bridgehead atoms. The van der Waals surface area contributed by atoms with E-state index in [0.29, 0.717) is 31.3 Å². The lowest BCUT2D eigenvalue weighted by Crippen LogP contribution is -2.06. The molecule has 3 nitrogen and oxygen atoms in total. The summed E-state index contributed by atoms with van der Waals surface area (Å²) in [4.78, 5) is 20.9. The monoisotopic (exact) mass is 312 g/mol. The molecule has 0 spiro atoms. The van der Waals surface area contributed by atoms with Crippen LogP contribution in [0.15, 0.2) is 11.6 Å². The molecule has 130 valence electrons. The van der Waals surface area contributed by atoms with Gasteiger partial charge in [0.1, 0.15) is 6.29 Å². The number of carbonyl (C=O) groups is 2.